The Kier molecular flexibility index (Phi) is 4.95. The number of ether oxygens (including phenoxy) is 1. The van der Waals surface area contributed by atoms with Gasteiger partial charge in [-0.25, -0.2) is 0 Å². The summed E-state index contributed by atoms with van der Waals surface area (Å²) in [5.41, 5.74) is 0.501. The standard InChI is InChI=1S/C16H24ClNO2/c1-11(2)8-16(3,19)10-18-9-14-7-12-6-13(17)4-5-15(12)20-14/h4-6,11,14,18-19H,7-10H2,1-3H3. The second-order valence-electron chi connectivity index (χ2n) is 6.42. The van der Waals surface area contributed by atoms with Gasteiger partial charge in [0.15, 0.2) is 0 Å². The third-order valence-electron chi connectivity index (χ3n) is 3.49. The maximum atomic E-state index is 10.2. The lowest BCUT2D eigenvalue weighted by atomic mass is 9.94. The maximum absolute atomic E-state index is 10.2. The van der Waals surface area contributed by atoms with E-state index >= 15 is 0 Å². The Labute approximate surface area is 126 Å². The lowest BCUT2D eigenvalue weighted by Crippen LogP contribution is -2.42. The Balaban J connectivity index is 1.77. The lowest BCUT2D eigenvalue weighted by molar-refractivity contribution is 0.0366. The minimum Gasteiger partial charge on any atom is -0.488 e. The van der Waals surface area contributed by atoms with E-state index < -0.39 is 5.60 Å². The topological polar surface area (TPSA) is 41.5 Å². The van der Waals surface area contributed by atoms with Gasteiger partial charge >= 0.3 is 0 Å². The van der Waals surface area contributed by atoms with Gasteiger partial charge in [0.1, 0.15) is 11.9 Å². The molecule has 0 amide bonds. The molecule has 0 radical (unpaired) electrons. The molecule has 1 aromatic rings. The minimum atomic E-state index is -0.664. The van der Waals surface area contributed by atoms with Crippen molar-refractivity contribution >= 4 is 11.6 Å². The summed E-state index contributed by atoms with van der Waals surface area (Å²) in [6.07, 6.45) is 1.79. The summed E-state index contributed by atoms with van der Waals surface area (Å²) < 4.78 is 5.85. The number of rotatable bonds is 6. The van der Waals surface area contributed by atoms with Crippen LogP contribution in [0.2, 0.25) is 5.02 Å². The van der Waals surface area contributed by atoms with Crippen LogP contribution in [0.15, 0.2) is 18.2 Å². The third-order valence-corrected chi connectivity index (χ3v) is 3.72. The maximum Gasteiger partial charge on any atom is 0.123 e. The van der Waals surface area contributed by atoms with Gasteiger partial charge in [0.05, 0.1) is 5.60 Å². The molecule has 0 aromatic heterocycles. The zero-order valence-corrected chi connectivity index (χ0v) is 13.2. The molecule has 0 saturated heterocycles. The van der Waals surface area contributed by atoms with Gasteiger partial charge in [0, 0.05) is 24.5 Å². The fourth-order valence-corrected chi connectivity index (χ4v) is 3.05. The molecule has 1 heterocycles. The largest absolute Gasteiger partial charge is 0.488 e. The molecule has 1 aromatic carbocycles. The van der Waals surface area contributed by atoms with Crippen LogP contribution in [0.5, 0.6) is 5.75 Å². The van der Waals surface area contributed by atoms with Crippen molar-refractivity contribution in [1.82, 2.24) is 5.32 Å². The molecule has 20 heavy (non-hydrogen) atoms. The molecule has 112 valence electrons. The summed E-state index contributed by atoms with van der Waals surface area (Å²) in [5, 5.41) is 14.3. The molecule has 1 aliphatic rings. The highest BCUT2D eigenvalue weighted by molar-refractivity contribution is 6.30. The Bertz CT molecular complexity index is 460. The van der Waals surface area contributed by atoms with Gasteiger partial charge < -0.3 is 15.2 Å². The predicted octanol–water partition coefficient (Wildman–Crippen LogP) is 3.03. The van der Waals surface area contributed by atoms with Crippen molar-refractivity contribution in [3.8, 4) is 5.75 Å². The normalized spacial score (nSPS) is 20.6. The highest BCUT2D eigenvalue weighted by Gasteiger charge is 2.25. The number of nitrogens with one attached hydrogen (secondary N) is 1. The first-order valence-electron chi connectivity index (χ1n) is 7.24. The van der Waals surface area contributed by atoms with Crippen molar-refractivity contribution in [2.24, 2.45) is 5.92 Å². The fourth-order valence-electron chi connectivity index (χ4n) is 2.86. The molecule has 2 N–H and O–H groups in total. The first kappa shape index (κ1) is 15.6. The van der Waals surface area contributed by atoms with E-state index in [4.69, 9.17) is 16.3 Å². The number of hydrogen-bond acceptors (Lipinski definition) is 3. The van der Waals surface area contributed by atoms with E-state index in [1.807, 2.05) is 25.1 Å². The summed E-state index contributed by atoms with van der Waals surface area (Å²) in [7, 11) is 0. The van der Waals surface area contributed by atoms with Crippen molar-refractivity contribution in [2.45, 2.75) is 45.3 Å². The van der Waals surface area contributed by atoms with Gasteiger partial charge in [0.25, 0.3) is 0 Å². The summed E-state index contributed by atoms with van der Waals surface area (Å²) in [6, 6.07) is 5.74. The molecule has 2 unspecified atom stereocenters. The number of hydrogen-bond donors (Lipinski definition) is 2. The van der Waals surface area contributed by atoms with Gasteiger partial charge in [-0.3, -0.25) is 0 Å². The average molecular weight is 298 g/mol. The van der Waals surface area contributed by atoms with E-state index in [2.05, 4.69) is 19.2 Å². The van der Waals surface area contributed by atoms with Crippen LogP contribution in [0.3, 0.4) is 0 Å². The SMILES string of the molecule is CC(C)CC(C)(O)CNCC1Cc2cc(Cl)ccc2O1. The van der Waals surface area contributed by atoms with E-state index in [1.54, 1.807) is 0 Å². The van der Waals surface area contributed by atoms with Crippen LogP contribution in [0.1, 0.15) is 32.8 Å². The van der Waals surface area contributed by atoms with Gasteiger partial charge in [-0.05, 0) is 43.0 Å². The van der Waals surface area contributed by atoms with Crippen LogP contribution < -0.4 is 10.1 Å². The second-order valence-corrected chi connectivity index (χ2v) is 6.86. The van der Waals surface area contributed by atoms with Crippen LogP contribution >= 0.6 is 11.6 Å². The third kappa shape index (κ3) is 4.37. The Hall–Kier alpha value is -0.770. The summed E-state index contributed by atoms with van der Waals surface area (Å²) in [6.45, 7) is 7.44. The van der Waals surface area contributed by atoms with Crippen molar-refractivity contribution < 1.29 is 9.84 Å². The van der Waals surface area contributed by atoms with Gasteiger partial charge in [-0.1, -0.05) is 25.4 Å². The molecule has 1 aliphatic heterocycles. The zero-order valence-electron chi connectivity index (χ0n) is 12.4. The predicted molar refractivity (Wildman–Crippen MR) is 82.5 cm³/mol. The van der Waals surface area contributed by atoms with E-state index in [0.717, 1.165) is 30.2 Å². The van der Waals surface area contributed by atoms with Gasteiger partial charge in [0.2, 0.25) is 0 Å². The van der Waals surface area contributed by atoms with E-state index in [1.165, 1.54) is 5.56 Å². The number of benzene rings is 1. The Morgan fingerprint density at radius 3 is 2.95 bits per heavy atom. The van der Waals surface area contributed by atoms with Crippen molar-refractivity contribution in [3.63, 3.8) is 0 Å². The highest BCUT2D eigenvalue weighted by Crippen LogP contribution is 2.30. The molecule has 2 atom stereocenters. The molecule has 0 aliphatic carbocycles. The van der Waals surface area contributed by atoms with Gasteiger partial charge in [-0.15, -0.1) is 0 Å². The molecule has 2 rings (SSSR count). The first-order chi connectivity index (χ1) is 9.35. The molecular weight excluding hydrogens is 274 g/mol. The van der Waals surface area contributed by atoms with Crippen molar-refractivity contribution in [2.75, 3.05) is 13.1 Å². The van der Waals surface area contributed by atoms with Gasteiger partial charge in [-0.2, -0.15) is 0 Å². The highest BCUT2D eigenvalue weighted by atomic mass is 35.5. The molecule has 0 spiro atoms. The second kappa shape index (κ2) is 6.33. The average Bonchev–Trinajstić information content (AvgIpc) is 2.68. The fraction of sp³-hybridized carbons (Fsp3) is 0.625. The van der Waals surface area contributed by atoms with Crippen LogP contribution in [0.25, 0.3) is 0 Å². The molecule has 0 bridgehead atoms. The molecular formula is C16H24ClNO2. The van der Waals surface area contributed by atoms with E-state index in [0.29, 0.717) is 12.5 Å². The van der Waals surface area contributed by atoms with Crippen molar-refractivity contribution in [1.29, 1.82) is 0 Å². The minimum absolute atomic E-state index is 0.123. The molecule has 0 fully saturated rings. The molecule has 3 nitrogen and oxygen atoms in total. The Morgan fingerprint density at radius 1 is 1.50 bits per heavy atom. The quantitative estimate of drug-likeness (QED) is 0.848. The first-order valence-corrected chi connectivity index (χ1v) is 7.62. The van der Waals surface area contributed by atoms with E-state index in [9.17, 15) is 5.11 Å². The summed E-state index contributed by atoms with van der Waals surface area (Å²) in [4.78, 5) is 0. The van der Waals surface area contributed by atoms with Crippen LogP contribution in [0, 0.1) is 5.92 Å². The van der Waals surface area contributed by atoms with E-state index in [-0.39, 0.29) is 6.10 Å². The smallest absolute Gasteiger partial charge is 0.123 e. The lowest BCUT2D eigenvalue weighted by Gasteiger charge is -2.26. The molecule has 0 saturated carbocycles. The van der Waals surface area contributed by atoms with Crippen LogP contribution in [0.4, 0.5) is 0 Å². The van der Waals surface area contributed by atoms with Crippen LogP contribution in [-0.2, 0) is 6.42 Å². The molecule has 4 heteroatoms. The monoisotopic (exact) mass is 297 g/mol. The zero-order chi connectivity index (χ0) is 14.8. The van der Waals surface area contributed by atoms with Crippen molar-refractivity contribution in [3.05, 3.63) is 28.8 Å². The number of aliphatic hydroxyl groups is 1. The number of fused-ring (bicyclic) bond motifs is 1. The summed E-state index contributed by atoms with van der Waals surface area (Å²) in [5.74, 6) is 1.41. The number of halogens is 1. The Morgan fingerprint density at radius 2 is 2.25 bits per heavy atom. The van der Waals surface area contributed by atoms with Crippen LogP contribution in [-0.4, -0.2) is 29.9 Å². The summed E-state index contributed by atoms with van der Waals surface area (Å²) >= 11 is 5.98.